The first kappa shape index (κ1) is 10.9. The number of hydrogen-bond acceptors (Lipinski definition) is 3. The zero-order chi connectivity index (χ0) is 11.4. The summed E-state index contributed by atoms with van der Waals surface area (Å²) in [5.41, 5.74) is 0.796. The van der Waals surface area contributed by atoms with Crippen molar-refractivity contribution < 1.29 is 9.63 Å². The molecule has 2 rings (SSSR count). The number of amides is 2. The number of hydrogen-bond donors (Lipinski definition) is 2. The molecule has 0 radical (unpaired) electrons. The first-order valence-electron chi connectivity index (χ1n) is 5.26. The number of para-hydroxylation sites is 1. The largest absolute Gasteiger partial charge is 0.322 e. The van der Waals surface area contributed by atoms with Crippen LogP contribution < -0.4 is 11.2 Å². The Morgan fingerprint density at radius 2 is 2.19 bits per heavy atom. The van der Waals surface area contributed by atoms with Crippen LogP contribution in [0.5, 0.6) is 0 Å². The number of nitrogens with zero attached hydrogens (tertiary/aromatic N) is 1. The van der Waals surface area contributed by atoms with Crippen LogP contribution in [0.15, 0.2) is 30.3 Å². The third-order valence-corrected chi connectivity index (χ3v) is 2.65. The van der Waals surface area contributed by atoms with Crippen LogP contribution in [-0.2, 0) is 4.84 Å². The van der Waals surface area contributed by atoms with Crippen molar-refractivity contribution in [3.63, 3.8) is 0 Å². The van der Waals surface area contributed by atoms with E-state index in [9.17, 15) is 4.79 Å². The van der Waals surface area contributed by atoms with Gasteiger partial charge in [-0.15, -0.1) is 0 Å². The number of nitrogens with one attached hydrogen (secondary N) is 1. The molecule has 86 valence electrons. The molecule has 1 aromatic carbocycles. The van der Waals surface area contributed by atoms with Crippen LogP contribution in [0.2, 0.25) is 0 Å². The molecule has 5 heteroatoms. The number of anilines is 1. The summed E-state index contributed by atoms with van der Waals surface area (Å²) >= 11 is 0. The number of urea groups is 1. The van der Waals surface area contributed by atoms with Gasteiger partial charge in [-0.25, -0.2) is 10.7 Å². The van der Waals surface area contributed by atoms with Gasteiger partial charge in [-0.3, -0.25) is 4.84 Å². The minimum absolute atomic E-state index is 0.0403. The van der Waals surface area contributed by atoms with Gasteiger partial charge in [0.15, 0.2) is 0 Å². The molecule has 0 bridgehead atoms. The van der Waals surface area contributed by atoms with E-state index in [1.165, 1.54) is 0 Å². The molecule has 1 aliphatic heterocycles. The zero-order valence-corrected chi connectivity index (χ0v) is 8.93. The van der Waals surface area contributed by atoms with Crippen LogP contribution in [0.3, 0.4) is 0 Å². The van der Waals surface area contributed by atoms with Gasteiger partial charge in [-0.2, -0.15) is 0 Å². The molecule has 0 aromatic heterocycles. The average Bonchev–Trinajstić information content (AvgIpc) is 2.79. The minimum Gasteiger partial charge on any atom is -0.322 e. The van der Waals surface area contributed by atoms with Crippen molar-refractivity contribution in [3.05, 3.63) is 30.3 Å². The second-order valence-electron chi connectivity index (χ2n) is 3.79. The highest BCUT2D eigenvalue weighted by molar-refractivity contribution is 5.89. The number of likely N-dealkylation sites (tertiary alicyclic amines) is 1. The van der Waals surface area contributed by atoms with Gasteiger partial charge in [-0.05, 0) is 18.6 Å². The van der Waals surface area contributed by atoms with E-state index < -0.39 is 0 Å². The predicted molar refractivity (Wildman–Crippen MR) is 60.7 cm³/mol. The highest BCUT2D eigenvalue weighted by Gasteiger charge is 2.26. The smallest absolute Gasteiger partial charge is 0.321 e. The van der Waals surface area contributed by atoms with E-state index in [-0.39, 0.29) is 12.1 Å². The SMILES string of the molecule is NOC1CCN(C(=O)Nc2ccccc2)C1. The molecule has 16 heavy (non-hydrogen) atoms. The Balaban J connectivity index is 1.90. The molecule has 1 saturated heterocycles. The summed E-state index contributed by atoms with van der Waals surface area (Å²) in [5, 5.41) is 2.82. The summed E-state index contributed by atoms with van der Waals surface area (Å²) in [7, 11) is 0. The first-order chi connectivity index (χ1) is 7.79. The number of carbonyl (C=O) groups excluding carboxylic acids is 1. The second-order valence-corrected chi connectivity index (χ2v) is 3.79. The summed E-state index contributed by atoms with van der Waals surface area (Å²) in [5.74, 6) is 5.09. The van der Waals surface area contributed by atoms with Gasteiger partial charge in [-0.1, -0.05) is 18.2 Å². The fourth-order valence-electron chi connectivity index (χ4n) is 1.75. The maximum atomic E-state index is 11.8. The number of benzene rings is 1. The normalized spacial score (nSPS) is 19.8. The Bertz CT molecular complexity index is 356. The van der Waals surface area contributed by atoms with Crippen LogP contribution in [0.1, 0.15) is 6.42 Å². The summed E-state index contributed by atoms with van der Waals surface area (Å²) in [4.78, 5) is 18.2. The van der Waals surface area contributed by atoms with E-state index in [4.69, 9.17) is 10.7 Å². The Labute approximate surface area is 94.1 Å². The van der Waals surface area contributed by atoms with E-state index in [0.29, 0.717) is 13.1 Å². The van der Waals surface area contributed by atoms with Gasteiger partial charge >= 0.3 is 6.03 Å². The Hall–Kier alpha value is -1.59. The lowest BCUT2D eigenvalue weighted by Gasteiger charge is -2.16. The molecule has 1 unspecified atom stereocenters. The van der Waals surface area contributed by atoms with Crippen LogP contribution in [-0.4, -0.2) is 30.1 Å². The third-order valence-electron chi connectivity index (χ3n) is 2.65. The number of nitrogens with two attached hydrogens (primary N) is 1. The van der Waals surface area contributed by atoms with Crippen LogP contribution in [0.4, 0.5) is 10.5 Å². The zero-order valence-electron chi connectivity index (χ0n) is 8.93. The fourth-order valence-corrected chi connectivity index (χ4v) is 1.75. The highest BCUT2D eigenvalue weighted by atomic mass is 16.6. The fraction of sp³-hybridized carbons (Fsp3) is 0.364. The lowest BCUT2D eigenvalue weighted by molar-refractivity contribution is 0.0621. The highest BCUT2D eigenvalue weighted by Crippen LogP contribution is 2.13. The quantitative estimate of drug-likeness (QED) is 0.737. The maximum Gasteiger partial charge on any atom is 0.321 e. The first-order valence-corrected chi connectivity index (χ1v) is 5.26. The van der Waals surface area contributed by atoms with Crippen LogP contribution in [0, 0.1) is 0 Å². The molecule has 1 aliphatic rings. The molecule has 0 spiro atoms. The van der Waals surface area contributed by atoms with Crippen molar-refractivity contribution in [2.24, 2.45) is 5.90 Å². The summed E-state index contributed by atoms with van der Waals surface area (Å²) in [6, 6.07) is 9.27. The minimum atomic E-state index is -0.106. The van der Waals surface area contributed by atoms with E-state index in [2.05, 4.69) is 5.32 Å². The monoisotopic (exact) mass is 221 g/mol. The van der Waals surface area contributed by atoms with Crippen molar-refractivity contribution in [2.75, 3.05) is 18.4 Å². The lowest BCUT2D eigenvalue weighted by atomic mass is 10.3. The molecule has 1 heterocycles. The van der Waals surface area contributed by atoms with E-state index in [1.54, 1.807) is 4.90 Å². The Morgan fingerprint density at radius 3 is 2.81 bits per heavy atom. The van der Waals surface area contributed by atoms with Gasteiger partial charge in [0.1, 0.15) is 0 Å². The molecule has 0 aliphatic carbocycles. The van der Waals surface area contributed by atoms with Gasteiger partial charge in [0.25, 0.3) is 0 Å². The van der Waals surface area contributed by atoms with Gasteiger partial charge in [0.2, 0.25) is 0 Å². The van der Waals surface area contributed by atoms with E-state index in [1.807, 2.05) is 30.3 Å². The molecular formula is C11H15N3O2. The topological polar surface area (TPSA) is 67.6 Å². The molecule has 2 amide bonds. The number of carbonyl (C=O) groups is 1. The van der Waals surface area contributed by atoms with Crippen LogP contribution >= 0.6 is 0 Å². The number of rotatable bonds is 2. The molecule has 5 nitrogen and oxygen atoms in total. The van der Waals surface area contributed by atoms with Gasteiger partial charge < -0.3 is 10.2 Å². The van der Waals surface area contributed by atoms with Crippen molar-refractivity contribution in [1.82, 2.24) is 4.90 Å². The molecule has 0 saturated carbocycles. The lowest BCUT2D eigenvalue weighted by Crippen LogP contribution is -2.34. The standard InChI is InChI=1S/C11H15N3O2/c12-16-10-6-7-14(8-10)11(15)13-9-4-2-1-3-5-9/h1-5,10H,6-8,12H2,(H,13,15). The Kier molecular flexibility index (Phi) is 3.38. The van der Waals surface area contributed by atoms with Crippen molar-refractivity contribution >= 4 is 11.7 Å². The maximum absolute atomic E-state index is 11.8. The molecular weight excluding hydrogens is 206 g/mol. The molecule has 1 fully saturated rings. The summed E-state index contributed by atoms with van der Waals surface area (Å²) < 4.78 is 0. The third kappa shape index (κ3) is 2.50. The van der Waals surface area contributed by atoms with E-state index in [0.717, 1.165) is 12.1 Å². The van der Waals surface area contributed by atoms with Crippen molar-refractivity contribution in [3.8, 4) is 0 Å². The Morgan fingerprint density at radius 1 is 1.44 bits per heavy atom. The summed E-state index contributed by atoms with van der Waals surface area (Å²) in [6.07, 6.45) is 0.750. The average molecular weight is 221 g/mol. The van der Waals surface area contributed by atoms with Crippen molar-refractivity contribution in [2.45, 2.75) is 12.5 Å². The van der Waals surface area contributed by atoms with Gasteiger partial charge in [0.05, 0.1) is 12.6 Å². The van der Waals surface area contributed by atoms with Crippen LogP contribution in [0.25, 0.3) is 0 Å². The second kappa shape index (κ2) is 4.96. The van der Waals surface area contributed by atoms with E-state index >= 15 is 0 Å². The molecule has 3 N–H and O–H groups in total. The predicted octanol–water partition coefficient (Wildman–Crippen LogP) is 1.18. The summed E-state index contributed by atoms with van der Waals surface area (Å²) in [6.45, 7) is 1.23. The van der Waals surface area contributed by atoms with Crippen molar-refractivity contribution in [1.29, 1.82) is 0 Å². The molecule has 1 aromatic rings. The van der Waals surface area contributed by atoms with Gasteiger partial charge in [0, 0.05) is 12.2 Å². The molecule has 1 atom stereocenters.